The molecule has 0 spiro atoms. The Morgan fingerprint density at radius 2 is 0.474 bits per heavy atom. The molecule has 9 nitrogen and oxygen atoms in total. The van der Waals surface area contributed by atoms with Crippen molar-refractivity contribution in [3.63, 3.8) is 0 Å². The molecule has 0 saturated carbocycles. The van der Waals surface area contributed by atoms with Crippen LogP contribution in [0.4, 0.5) is 0 Å². The van der Waals surface area contributed by atoms with Gasteiger partial charge in [-0.15, -0.1) is 0 Å². The predicted octanol–water partition coefficient (Wildman–Crippen LogP) is 5.87. The zero-order valence-corrected chi connectivity index (χ0v) is 54.7. The maximum atomic E-state index is 12.1. The minimum absolute atomic E-state index is 0. The molecule has 7 aromatic rings. The smallest absolute Gasteiger partial charge is 0.744 e. The van der Waals surface area contributed by atoms with Crippen LogP contribution in [0, 0.1) is 0 Å². The largest absolute Gasteiger partial charge is 1.00 e. The van der Waals surface area contributed by atoms with E-state index in [0.717, 1.165) is 67.2 Å². The van der Waals surface area contributed by atoms with Crippen LogP contribution in [0.15, 0.2) is 203 Å². The molecule has 396 valence electrons. The molecule has 0 fully saturated rings. The minimum Gasteiger partial charge on any atom is -0.744 e. The number of hydrogen-bond acceptors (Lipinski definition) is 9. The summed E-state index contributed by atoms with van der Waals surface area (Å²) in [6, 6.07) is 59.4. The Bertz CT molecular complexity index is 3230. The van der Waals surface area contributed by atoms with Crippen LogP contribution >= 0.6 is 0 Å². The first-order chi connectivity index (χ1) is 35.8. The summed E-state index contributed by atoms with van der Waals surface area (Å²) >= 11 is 0. The molecule has 0 bridgehead atoms. The molecule has 0 aliphatic rings. The van der Waals surface area contributed by atoms with Crippen LogP contribution in [0.3, 0.4) is 0 Å². The zero-order valence-electron chi connectivity index (χ0n) is 46.3. The van der Waals surface area contributed by atoms with Gasteiger partial charge in [-0.05, 0) is 186 Å². The Labute approximate surface area is 532 Å². The SMILES string of the molecule is CCC(CC(CC(CC(C)c1ccccc1)c1ccc(C(CC(CC)c2ccc(S(=O)(=O)[O-])cc2)CC(CC(CC)c2ccccc2)c2ccc(S(=O)(=O)[O-])cc2)cc1)c1ccc(S(=O)(=O)[O-])cc1)c1ccccc1.[Na+].[Na+].[Na+]. The first-order valence-electron chi connectivity index (χ1n) is 26.3. The van der Waals surface area contributed by atoms with E-state index in [1.165, 1.54) is 58.7 Å². The molecule has 8 unspecified atom stereocenters. The van der Waals surface area contributed by atoms with E-state index in [1.54, 1.807) is 36.4 Å². The first kappa shape index (κ1) is 67.8. The van der Waals surface area contributed by atoms with Gasteiger partial charge in [0.05, 0.1) is 14.7 Å². The van der Waals surface area contributed by atoms with Gasteiger partial charge < -0.3 is 13.7 Å². The van der Waals surface area contributed by atoms with Crippen molar-refractivity contribution >= 4 is 30.4 Å². The van der Waals surface area contributed by atoms with Crippen molar-refractivity contribution in [2.75, 3.05) is 0 Å². The van der Waals surface area contributed by atoms with Crippen molar-refractivity contribution < 1.29 is 128 Å². The van der Waals surface area contributed by atoms with Crippen molar-refractivity contribution in [3.05, 3.63) is 233 Å². The summed E-state index contributed by atoms with van der Waals surface area (Å²) in [4.78, 5) is -0.811. The van der Waals surface area contributed by atoms with E-state index < -0.39 is 30.4 Å². The topological polar surface area (TPSA) is 172 Å². The fourth-order valence-electron chi connectivity index (χ4n) is 11.4. The van der Waals surface area contributed by atoms with E-state index in [1.807, 2.05) is 30.3 Å². The standard InChI is InChI=1S/C63H72O9S3.3Na/c1-5-46(50-19-13-9-14-20-50)40-58(55-29-35-62(36-30-55)74(67,68)69)43-57(39-45(4)49-17-11-8-12-18-49)53-23-25-54(26-24-53)59(42-48(7-3)52-27-33-61(34-28-52)73(64,65)66)44-60(41-47(6-2)51-21-15-10-16-22-51)56-31-37-63(38-32-56)75(70,71)72;;;/h8-38,45-48,57-60H,5-7,39-44H2,1-4H3,(H,64,65,66)(H,67,68,69)(H,70,71,72);;;/q;3*+1/p-3. The van der Waals surface area contributed by atoms with E-state index in [9.17, 15) is 38.9 Å². The summed E-state index contributed by atoms with van der Waals surface area (Å²) in [5.74, 6) is 0.553. The molecular formula is C63H69Na3O9S3. The minimum atomic E-state index is -4.67. The Balaban J connectivity index is 0.00000437. The fourth-order valence-corrected chi connectivity index (χ4v) is 12.8. The first-order valence-corrected chi connectivity index (χ1v) is 30.5. The van der Waals surface area contributed by atoms with Crippen LogP contribution in [0.2, 0.25) is 0 Å². The van der Waals surface area contributed by atoms with Crippen molar-refractivity contribution in [1.29, 1.82) is 0 Å². The van der Waals surface area contributed by atoms with Crippen LogP contribution in [0.1, 0.15) is 177 Å². The van der Waals surface area contributed by atoms with Gasteiger partial charge in [-0.25, -0.2) is 25.3 Å². The van der Waals surface area contributed by atoms with Gasteiger partial charge in [0.2, 0.25) is 0 Å². The molecule has 15 heteroatoms. The van der Waals surface area contributed by atoms with Gasteiger partial charge in [0.1, 0.15) is 30.4 Å². The molecule has 78 heavy (non-hydrogen) atoms. The van der Waals surface area contributed by atoms with Crippen LogP contribution in [0.5, 0.6) is 0 Å². The third-order valence-electron chi connectivity index (χ3n) is 15.7. The number of rotatable bonds is 26. The Morgan fingerprint density at radius 1 is 0.282 bits per heavy atom. The second-order valence-electron chi connectivity index (χ2n) is 20.4. The molecular weight excluding hydrogens is 1070 g/mol. The van der Waals surface area contributed by atoms with E-state index in [2.05, 4.69) is 113 Å². The van der Waals surface area contributed by atoms with Gasteiger partial charge in [-0.3, -0.25) is 0 Å². The quantitative estimate of drug-likeness (QED) is 0.0475. The summed E-state index contributed by atoms with van der Waals surface area (Å²) in [7, 11) is -14.0. The summed E-state index contributed by atoms with van der Waals surface area (Å²) in [6.07, 6.45) is 7.05. The van der Waals surface area contributed by atoms with E-state index >= 15 is 0 Å². The van der Waals surface area contributed by atoms with E-state index in [4.69, 9.17) is 0 Å². The van der Waals surface area contributed by atoms with Crippen LogP contribution < -0.4 is 88.7 Å². The molecule has 0 N–H and O–H groups in total. The van der Waals surface area contributed by atoms with Crippen molar-refractivity contribution in [2.24, 2.45) is 0 Å². The van der Waals surface area contributed by atoms with Crippen LogP contribution in [-0.4, -0.2) is 38.9 Å². The fraction of sp³-hybridized carbons (Fsp3) is 0.333. The average molecular weight is 1140 g/mol. The van der Waals surface area contributed by atoms with Crippen molar-refractivity contribution in [3.8, 4) is 0 Å². The summed E-state index contributed by atoms with van der Waals surface area (Å²) < 4.78 is 108. The molecule has 7 aromatic carbocycles. The predicted molar refractivity (Wildman–Crippen MR) is 295 cm³/mol. The van der Waals surface area contributed by atoms with Gasteiger partial charge >= 0.3 is 88.7 Å². The van der Waals surface area contributed by atoms with E-state index in [0.29, 0.717) is 12.8 Å². The summed E-state index contributed by atoms with van der Waals surface area (Å²) in [5, 5.41) is 0. The third kappa shape index (κ3) is 19.2. The average Bonchev–Trinajstić information content (AvgIpc) is 3.41. The summed E-state index contributed by atoms with van der Waals surface area (Å²) in [5.41, 5.74) is 8.79. The van der Waals surface area contributed by atoms with Crippen molar-refractivity contribution in [2.45, 2.75) is 148 Å². The van der Waals surface area contributed by atoms with Gasteiger partial charge in [0, 0.05) is 0 Å². The molecule has 0 aromatic heterocycles. The maximum absolute atomic E-state index is 12.1. The molecule has 0 aliphatic heterocycles. The van der Waals surface area contributed by atoms with Gasteiger partial charge in [-0.2, -0.15) is 0 Å². The van der Waals surface area contributed by atoms with Gasteiger partial charge in [0.15, 0.2) is 0 Å². The van der Waals surface area contributed by atoms with Crippen molar-refractivity contribution in [1.82, 2.24) is 0 Å². The molecule has 0 aliphatic carbocycles. The second-order valence-corrected chi connectivity index (χ2v) is 24.5. The zero-order chi connectivity index (χ0) is 53.8. The Kier molecular flexibility index (Phi) is 27.5. The van der Waals surface area contributed by atoms with Crippen LogP contribution in [-0.2, 0) is 30.4 Å². The number of benzene rings is 7. The van der Waals surface area contributed by atoms with Crippen LogP contribution in [0.25, 0.3) is 0 Å². The second kappa shape index (κ2) is 31.6. The maximum Gasteiger partial charge on any atom is 1.00 e. The molecule has 7 rings (SSSR count). The van der Waals surface area contributed by atoms with E-state index in [-0.39, 0.29) is 151 Å². The molecule has 0 heterocycles. The number of hydrogen-bond donors (Lipinski definition) is 0. The normalized spacial score (nSPS) is 14.9. The third-order valence-corrected chi connectivity index (χ3v) is 18.2. The van der Waals surface area contributed by atoms with Gasteiger partial charge in [0.25, 0.3) is 0 Å². The molecule has 0 radical (unpaired) electrons. The monoisotopic (exact) mass is 1130 g/mol. The Hall–Kier alpha value is -2.73. The van der Waals surface area contributed by atoms with Gasteiger partial charge in [-0.1, -0.05) is 179 Å². The molecule has 8 atom stereocenters. The Morgan fingerprint density at radius 3 is 0.718 bits per heavy atom. The molecule has 0 amide bonds. The molecule has 0 saturated heterocycles. The summed E-state index contributed by atoms with van der Waals surface area (Å²) in [6.45, 7) is 8.74.